The third-order valence-corrected chi connectivity index (χ3v) is 8.88. The second-order valence-electron chi connectivity index (χ2n) is 6.36. The molecular formula is C13H29IOSi. The van der Waals surface area contributed by atoms with E-state index in [0.29, 0.717) is 5.04 Å². The molecule has 0 aromatic heterocycles. The van der Waals surface area contributed by atoms with Crippen LogP contribution >= 0.6 is 22.6 Å². The number of hydrogen-bond acceptors (Lipinski definition) is 1. The number of halogens is 1. The molecule has 0 aliphatic carbocycles. The molecular weight excluding hydrogens is 327 g/mol. The van der Waals surface area contributed by atoms with Crippen LogP contribution < -0.4 is 0 Å². The Morgan fingerprint density at radius 3 is 2.19 bits per heavy atom. The van der Waals surface area contributed by atoms with E-state index in [-0.39, 0.29) is 0 Å². The van der Waals surface area contributed by atoms with Crippen molar-refractivity contribution >= 4 is 30.9 Å². The highest BCUT2D eigenvalue weighted by Crippen LogP contribution is 2.36. The molecule has 0 N–H and O–H groups in total. The van der Waals surface area contributed by atoms with E-state index in [1.54, 1.807) is 0 Å². The Bertz CT molecular complexity index is 187. The van der Waals surface area contributed by atoms with Crippen LogP contribution in [0, 0.1) is 5.92 Å². The Balaban J connectivity index is 3.86. The summed E-state index contributed by atoms with van der Waals surface area (Å²) < 4.78 is 7.51. The molecule has 0 rings (SSSR count). The average Bonchev–Trinajstić information content (AvgIpc) is 2.13. The van der Waals surface area contributed by atoms with Crippen LogP contribution in [0.15, 0.2) is 0 Å². The van der Waals surface area contributed by atoms with E-state index >= 15 is 0 Å². The smallest absolute Gasteiger partial charge is 0.191 e. The fourth-order valence-electron chi connectivity index (χ4n) is 1.24. The Kier molecular flexibility index (Phi) is 7.78. The zero-order valence-electron chi connectivity index (χ0n) is 11.9. The first-order valence-electron chi connectivity index (χ1n) is 6.40. The first kappa shape index (κ1) is 16.9. The average molecular weight is 356 g/mol. The van der Waals surface area contributed by atoms with E-state index < -0.39 is 8.32 Å². The number of alkyl halides is 1. The van der Waals surface area contributed by atoms with E-state index in [2.05, 4.69) is 63.4 Å². The third-order valence-electron chi connectivity index (χ3n) is 3.62. The zero-order chi connectivity index (χ0) is 12.8. The SMILES string of the molecule is C[C@@H](CCCCI)CO[Si](C)(C)C(C)(C)C. The van der Waals surface area contributed by atoms with Crippen LogP contribution in [0.1, 0.15) is 47.0 Å². The van der Waals surface area contributed by atoms with Gasteiger partial charge in [0.2, 0.25) is 0 Å². The third kappa shape index (κ3) is 6.60. The van der Waals surface area contributed by atoms with E-state index in [1.165, 1.54) is 23.7 Å². The molecule has 0 aliphatic rings. The van der Waals surface area contributed by atoms with Crippen LogP contribution in [-0.4, -0.2) is 19.4 Å². The van der Waals surface area contributed by atoms with E-state index in [9.17, 15) is 0 Å². The normalized spacial score (nSPS) is 15.2. The van der Waals surface area contributed by atoms with E-state index in [4.69, 9.17) is 4.43 Å². The first-order chi connectivity index (χ1) is 7.20. The van der Waals surface area contributed by atoms with Crippen LogP contribution in [0.4, 0.5) is 0 Å². The Morgan fingerprint density at radius 1 is 1.19 bits per heavy atom. The summed E-state index contributed by atoms with van der Waals surface area (Å²) >= 11 is 2.45. The van der Waals surface area contributed by atoms with Crippen LogP contribution in [0.5, 0.6) is 0 Å². The summed E-state index contributed by atoms with van der Waals surface area (Å²) in [4.78, 5) is 0. The van der Waals surface area contributed by atoms with Gasteiger partial charge in [-0.15, -0.1) is 0 Å². The molecule has 0 saturated heterocycles. The highest BCUT2D eigenvalue weighted by atomic mass is 127. The maximum Gasteiger partial charge on any atom is 0.191 e. The molecule has 0 radical (unpaired) electrons. The second-order valence-corrected chi connectivity index (χ2v) is 12.2. The molecule has 1 atom stereocenters. The minimum absolute atomic E-state index is 0.342. The predicted octanol–water partition coefficient (Wildman–Crippen LogP) is 5.25. The van der Waals surface area contributed by atoms with Crippen LogP contribution in [0.2, 0.25) is 18.1 Å². The molecule has 0 aromatic carbocycles. The summed E-state index contributed by atoms with van der Waals surface area (Å²) in [6.07, 6.45) is 4.02. The zero-order valence-corrected chi connectivity index (χ0v) is 15.1. The van der Waals surface area contributed by atoms with Gasteiger partial charge in [-0.25, -0.2) is 0 Å². The molecule has 0 bridgehead atoms. The molecule has 0 aliphatic heterocycles. The van der Waals surface area contributed by atoms with Gasteiger partial charge in [-0.3, -0.25) is 0 Å². The summed E-state index contributed by atoms with van der Waals surface area (Å²) in [6, 6.07) is 0. The van der Waals surface area contributed by atoms with Crippen molar-refractivity contribution in [3.8, 4) is 0 Å². The van der Waals surface area contributed by atoms with Gasteiger partial charge in [0.25, 0.3) is 0 Å². The van der Waals surface area contributed by atoms with Crippen molar-refractivity contribution in [1.29, 1.82) is 0 Å². The largest absolute Gasteiger partial charge is 0.417 e. The first-order valence-corrected chi connectivity index (χ1v) is 10.8. The summed E-state index contributed by atoms with van der Waals surface area (Å²) in [5.74, 6) is 0.720. The topological polar surface area (TPSA) is 9.23 Å². The summed E-state index contributed by atoms with van der Waals surface area (Å²) in [5, 5.41) is 0.342. The van der Waals surface area contributed by atoms with Gasteiger partial charge in [0.1, 0.15) is 0 Å². The molecule has 0 fully saturated rings. The van der Waals surface area contributed by atoms with Crippen molar-refractivity contribution in [2.24, 2.45) is 5.92 Å². The van der Waals surface area contributed by atoms with Crippen molar-refractivity contribution < 1.29 is 4.43 Å². The Hall–Kier alpha value is 0.907. The number of rotatable bonds is 7. The van der Waals surface area contributed by atoms with Gasteiger partial charge in [0.05, 0.1) is 0 Å². The number of hydrogen-bond donors (Lipinski definition) is 0. The predicted molar refractivity (Wildman–Crippen MR) is 85.1 cm³/mol. The van der Waals surface area contributed by atoms with Crippen LogP contribution in [0.3, 0.4) is 0 Å². The maximum atomic E-state index is 6.22. The Morgan fingerprint density at radius 2 is 1.75 bits per heavy atom. The molecule has 0 saturated carbocycles. The fourth-order valence-corrected chi connectivity index (χ4v) is 2.91. The van der Waals surface area contributed by atoms with Crippen LogP contribution in [-0.2, 0) is 4.43 Å². The molecule has 0 heterocycles. The second kappa shape index (κ2) is 7.37. The lowest BCUT2D eigenvalue weighted by molar-refractivity contribution is 0.229. The molecule has 0 unspecified atom stereocenters. The van der Waals surface area contributed by atoms with E-state index in [0.717, 1.165) is 12.5 Å². The molecule has 1 nitrogen and oxygen atoms in total. The van der Waals surface area contributed by atoms with Gasteiger partial charge in [0, 0.05) is 6.61 Å². The van der Waals surface area contributed by atoms with Gasteiger partial charge in [-0.1, -0.05) is 56.7 Å². The molecule has 0 spiro atoms. The van der Waals surface area contributed by atoms with Gasteiger partial charge < -0.3 is 4.43 Å². The summed E-state index contributed by atoms with van der Waals surface area (Å²) in [7, 11) is -1.52. The van der Waals surface area contributed by atoms with Gasteiger partial charge in [-0.2, -0.15) is 0 Å². The molecule has 0 aromatic rings. The lowest BCUT2D eigenvalue weighted by atomic mass is 10.1. The lowest BCUT2D eigenvalue weighted by Gasteiger charge is -2.37. The van der Waals surface area contributed by atoms with Crippen molar-refractivity contribution in [2.75, 3.05) is 11.0 Å². The number of unbranched alkanes of at least 4 members (excludes halogenated alkanes) is 1. The van der Waals surface area contributed by atoms with Crippen molar-refractivity contribution in [2.45, 2.75) is 65.1 Å². The highest BCUT2D eigenvalue weighted by Gasteiger charge is 2.37. The standard InChI is InChI=1S/C13H29IOSi/c1-12(9-7-8-10-14)11-15-16(5,6)13(2,3)4/h12H,7-11H2,1-6H3/t12-/m0/s1. The fraction of sp³-hybridized carbons (Fsp3) is 1.00. The highest BCUT2D eigenvalue weighted by molar-refractivity contribution is 14.1. The lowest BCUT2D eigenvalue weighted by Crippen LogP contribution is -2.41. The maximum absolute atomic E-state index is 6.22. The monoisotopic (exact) mass is 356 g/mol. The van der Waals surface area contributed by atoms with E-state index in [1.807, 2.05) is 0 Å². The van der Waals surface area contributed by atoms with Crippen molar-refractivity contribution in [3.05, 3.63) is 0 Å². The van der Waals surface area contributed by atoms with Gasteiger partial charge in [0.15, 0.2) is 8.32 Å². The summed E-state index contributed by atoms with van der Waals surface area (Å²) in [6.45, 7) is 14.9. The van der Waals surface area contributed by atoms with Gasteiger partial charge in [-0.05, 0) is 41.3 Å². The van der Waals surface area contributed by atoms with Gasteiger partial charge >= 0.3 is 0 Å². The van der Waals surface area contributed by atoms with Crippen LogP contribution in [0.25, 0.3) is 0 Å². The molecule has 98 valence electrons. The minimum Gasteiger partial charge on any atom is -0.417 e. The molecule has 3 heteroatoms. The summed E-state index contributed by atoms with van der Waals surface area (Å²) in [5.41, 5.74) is 0. The van der Waals surface area contributed by atoms with Crippen molar-refractivity contribution in [3.63, 3.8) is 0 Å². The quantitative estimate of drug-likeness (QED) is 0.262. The molecule has 0 amide bonds. The molecule has 16 heavy (non-hydrogen) atoms. The Labute approximate surface area is 117 Å². The van der Waals surface area contributed by atoms with Crippen molar-refractivity contribution in [1.82, 2.24) is 0 Å². The minimum atomic E-state index is -1.52.